The molecule has 1 atom stereocenters. The smallest absolute Gasteiger partial charge is 0.148 e. The maximum absolute atomic E-state index is 5.23. The number of ether oxygens (including phenoxy) is 2. The van der Waals surface area contributed by atoms with Crippen molar-refractivity contribution in [2.24, 2.45) is 5.92 Å². The highest BCUT2D eigenvalue weighted by Crippen LogP contribution is 2.04. The van der Waals surface area contributed by atoms with Gasteiger partial charge in [0.2, 0.25) is 0 Å². The maximum Gasteiger partial charge on any atom is 0.148 e. The van der Waals surface area contributed by atoms with E-state index in [-0.39, 0.29) is 6.10 Å². The Balaban J connectivity index is 3.47. The quantitative estimate of drug-likeness (QED) is 0.342. The van der Waals surface area contributed by atoms with E-state index in [0.29, 0.717) is 19.3 Å². The van der Waals surface area contributed by atoms with E-state index in [9.17, 15) is 0 Å². The van der Waals surface area contributed by atoms with Gasteiger partial charge in [-0.1, -0.05) is 19.8 Å². The first kappa shape index (κ1) is 10.5. The second-order valence-electron chi connectivity index (χ2n) is 2.61. The third kappa shape index (κ3) is 4.83. The molecule has 0 heterocycles. The van der Waals surface area contributed by atoms with E-state index in [2.05, 4.69) is 5.92 Å². The van der Waals surface area contributed by atoms with Crippen LogP contribution in [-0.4, -0.2) is 19.5 Å². The molecule has 11 heavy (non-hydrogen) atoms. The Morgan fingerprint density at radius 1 is 1.45 bits per heavy atom. The summed E-state index contributed by atoms with van der Waals surface area (Å²) in [7, 11) is 0. The Labute approximate surface area is 68.9 Å². The fraction of sp³-hybridized carbons (Fsp3) is 0.778. The standard InChI is InChI=1S/C9H16O2/c1-5-9(8(3)4)11-7-10-6-2/h1,8-9H,6-7H2,2-4H3/t9-/m1/s1. The first-order valence-electron chi connectivity index (χ1n) is 3.87. The highest BCUT2D eigenvalue weighted by molar-refractivity contribution is 4.95. The van der Waals surface area contributed by atoms with E-state index in [1.54, 1.807) is 0 Å². The van der Waals surface area contributed by atoms with Crippen LogP contribution < -0.4 is 0 Å². The van der Waals surface area contributed by atoms with Gasteiger partial charge in [-0.25, -0.2) is 0 Å². The van der Waals surface area contributed by atoms with Crippen molar-refractivity contribution in [2.75, 3.05) is 13.4 Å². The van der Waals surface area contributed by atoms with Crippen molar-refractivity contribution in [3.8, 4) is 12.3 Å². The zero-order chi connectivity index (χ0) is 8.69. The van der Waals surface area contributed by atoms with Crippen LogP contribution in [0.4, 0.5) is 0 Å². The lowest BCUT2D eigenvalue weighted by Crippen LogP contribution is -2.19. The molecule has 0 aromatic carbocycles. The lowest BCUT2D eigenvalue weighted by Gasteiger charge is -2.14. The lowest BCUT2D eigenvalue weighted by atomic mass is 10.1. The topological polar surface area (TPSA) is 18.5 Å². The van der Waals surface area contributed by atoms with Crippen molar-refractivity contribution in [1.29, 1.82) is 0 Å². The van der Waals surface area contributed by atoms with Gasteiger partial charge >= 0.3 is 0 Å². The van der Waals surface area contributed by atoms with E-state index in [1.807, 2.05) is 20.8 Å². The van der Waals surface area contributed by atoms with Crippen molar-refractivity contribution >= 4 is 0 Å². The van der Waals surface area contributed by atoms with Gasteiger partial charge < -0.3 is 9.47 Å². The van der Waals surface area contributed by atoms with Crippen molar-refractivity contribution in [1.82, 2.24) is 0 Å². The molecule has 0 fully saturated rings. The molecule has 2 heteroatoms. The molecule has 0 amide bonds. The Morgan fingerprint density at radius 2 is 2.09 bits per heavy atom. The van der Waals surface area contributed by atoms with Crippen LogP contribution >= 0.6 is 0 Å². The van der Waals surface area contributed by atoms with Gasteiger partial charge in [-0.3, -0.25) is 0 Å². The fourth-order valence-corrected chi connectivity index (χ4v) is 0.638. The molecular weight excluding hydrogens is 140 g/mol. The van der Waals surface area contributed by atoms with E-state index in [1.165, 1.54) is 0 Å². The van der Waals surface area contributed by atoms with E-state index in [0.717, 1.165) is 0 Å². The van der Waals surface area contributed by atoms with Gasteiger partial charge in [0.25, 0.3) is 0 Å². The van der Waals surface area contributed by atoms with Gasteiger partial charge in [0.05, 0.1) is 0 Å². The predicted molar refractivity (Wildman–Crippen MR) is 45.0 cm³/mol. The first-order chi connectivity index (χ1) is 5.22. The average Bonchev–Trinajstić information content (AvgIpc) is 1.97. The molecule has 0 rings (SSSR count). The van der Waals surface area contributed by atoms with E-state index in [4.69, 9.17) is 15.9 Å². The van der Waals surface area contributed by atoms with Gasteiger partial charge in [-0.05, 0) is 12.8 Å². The van der Waals surface area contributed by atoms with Gasteiger partial charge in [-0.2, -0.15) is 0 Å². The lowest BCUT2D eigenvalue weighted by molar-refractivity contribution is -0.0800. The molecule has 0 N–H and O–H groups in total. The Morgan fingerprint density at radius 3 is 2.45 bits per heavy atom. The molecule has 0 aliphatic heterocycles. The summed E-state index contributed by atoms with van der Waals surface area (Å²) in [5.41, 5.74) is 0. The summed E-state index contributed by atoms with van der Waals surface area (Å²) in [6.07, 6.45) is 5.10. The number of rotatable bonds is 5. The van der Waals surface area contributed by atoms with Crippen LogP contribution in [0.25, 0.3) is 0 Å². The molecule has 0 aliphatic rings. The van der Waals surface area contributed by atoms with Crippen molar-refractivity contribution in [2.45, 2.75) is 26.9 Å². The number of hydrogen-bond donors (Lipinski definition) is 0. The molecule has 0 aromatic heterocycles. The van der Waals surface area contributed by atoms with Gasteiger partial charge in [0.15, 0.2) is 0 Å². The SMILES string of the molecule is C#C[C@@H](OCOCC)C(C)C. The third-order valence-corrected chi connectivity index (χ3v) is 1.30. The van der Waals surface area contributed by atoms with Crippen LogP contribution in [0.15, 0.2) is 0 Å². The monoisotopic (exact) mass is 156 g/mol. The fourth-order valence-electron chi connectivity index (χ4n) is 0.638. The van der Waals surface area contributed by atoms with Crippen LogP contribution in [0.2, 0.25) is 0 Å². The maximum atomic E-state index is 5.23. The minimum Gasteiger partial charge on any atom is -0.356 e. The van der Waals surface area contributed by atoms with Crippen LogP contribution in [0, 0.1) is 18.3 Å². The van der Waals surface area contributed by atoms with Crippen LogP contribution in [0.3, 0.4) is 0 Å². The van der Waals surface area contributed by atoms with Crippen LogP contribution in [0.1, 0.15) is 20.8 Å². The minimum absolute atomic E-state index is 0.124. The normalized spacial score (nSPS) is 13.0. The summed E-state index contributed by atoms with van der Waals surface area (Å²) >= 11 is 0. The van der Waals surface area contributed by atoms with Gasteiger partial charge in [-0.15, -0.1) is 6.42 Å². The summed E-state index contributed by atoms with van der Waals surface area (Å²) in [4.78, 5) is 0. The molecule has 0 unspecified atom stereocenters. The molecule has 0 aliphatic carbocycles. The third-order valence-electron chi connectivity index (χ3n) is 1.30. The molecule has 0 spiro atoms. The summed E-state index contributed by atoms with van der Waals surface area (Å²) in [6.45, 7) is 6.93. The number of terminal acetylenes is 1. The molecular formula is C9H16O2. The van der Waals surface area contributed by atoms with Crippen LogP contribution in [-0.2, 0) is 9.47 Å². The highest BCUT2D eigenvalue weighted by Gasteiger charge is 2.08. The van der Waals surface area contributed by atoms with Crippen molar-refractivity contribution in [3.05, 3.63) is 0 Å². The molecule has 0 saturated carbocycles. The molecule has 0 bridgehead atoms. The summed E-state index contributed by atoms with van der Waals surface area (Å²) < 4.78 is 10.2. The largest absolute Gasteiger partial charge is 0.356 e. The minimum atomic E-state index is -0.124. The Hall–Kier alpha value is -0.520. The van der Waals surface area contributed by atoms with Gasteiger partial charge in [0, 0.05) is 6.61 Å². The molecule has 0 aromatic rings. The zero-order valence-electron chi connectivity index (χ0n) is 7.46. The van der Waals surface area contributed by atoms with Crippen LogP contribution in [0.5, 0.6) is 0 Å². The molecule has 0 radical (unpaired) electrons. The second-order valence-corrected chi connectivity index (χ2v) is 2.61. The molecule has 64 valence electrons. The summed E-state index contributed by atoms with van der Waals surface area (Å²) in [5, 5.41) is 0. The first-order valence-corrected chi connectivity index (χ1v) is 3.87. The van der Waals surface area contributed by atoms with Crippen molar-refractivity contribution < 1.29 is 9.47 Å². The summed E-state index contributed by atoms with van der Waals surface area (Å²) in [6, 6.07) is 0. The predicted octanol–water partition coefficient (Wildman–Crippen LogP) is 1.65. The Bertz CT molecular complexity index is 124. The average molecular weight is 156 g/mol. The van der Waals surface area contributed by atoms with E-state index >= 15 is 0 Å². The summed E-state index contributed by atoms with van der Waals surface area (Å²) in [5.74, 6) is 2.91. The highest BCUT2D eigenvalue weighted by atomic mass is 16.7. The number of hydrogen-bond acceptors (Lipinski definition) is 2. The molecule has 2 nitrogen and oxygen atoms in total. The van der Waals surface area contributed by atoms with Gasteiger partial charge in [0.1, 0.15) is 12.9 Å². The second kappa shape index (κ2) is 6.21. The zero-order valence-corrected chi connectivity index (χ0v) is 7.46. The molecule has 0 saturated heterocycles. The van der Waals surface area contributed by atoms with Crippen molar-refractivity contribution in [3.63, 3.8) is 0 Å². The van der Waals surface area contributed by atoms with E-state index < -0.39 is 0 Å². The Kier molecular flexibility index (Phi) is 5.91.